The highest BCUT2D eigenvalue weighted by Gasteiger charge is 2.21. The van der Waals surface area contributed by atoms with Crippen LogP contribution in [-0.2, 0) is 4.79 Å². The minimum Gasteiger partial charge on any atom is -0.297 e. The molecule has 0 aliphatic heterocycles. The van der Waals surface area contributed by atoms with Crippen molar-refractivity contribution < 1.29 is 4.79 Å². The van der Waals surface area contributed by atoms with Crippen LogP contribution in [-0.4, -0.2) is 17.3 Å². The van der Waals surface area contributed by atoms with Gasteiger partial charge in [0.05, 0.1) is 0 Å². The summed E-state index contributed by atoms with van der Waals surface area (Å²) >= 11 is 11.8. The molecule has 1 amide bonds. The van der Waals surface area contributed by atoms with Gasteiger partial charge in [0.2, 0.25) is 5.91 Å². The number of anilines is 1. The van der Waals surface area contributed by atoms with E-state index in [4.69, 9.17) is 23.2 Å². The molecule has 0 aliphatic carbocycles. The van der Waals surface area contributed by atoms with E-state index in [9.17, 15) is 4.79 Å². The van der Waals surface area contributed by atoms with Gasteiger partial charge in [0.1, 0.15) is 11.4 Å². The average molecular weight is 260 g/mol. The normalized spacial score (nSPS) is 12.2. The Morgan fingerprint density at radius 3 is 2.50 bits per heavy atom. The Morgan fingerprint density at radius 2 is 2.00 bits per heavy atom. The summed E-state index contributed by atoms with van der Waals surface area (Å²) in [6, 6.07) is 9.43. The van der Waals surface area contributed by atoms with Crippen LogP contribution in [0, 0.1) is 0 Å². The van der Waals surface area contributed by atoms with Gasteiger partial charge < -0.3 is 0 Å². The van der Waals surface area contributed by atoms with Crippen molar-refractivity contribution in [3.05, 3.63) is 30.3 Å². The number of amides is 1. The van der Waals surface area contributed by atoms with Gasteiger partial charge in [-0.2, -0.15) is 0 Å². The zero-order valence-electron chi connectivity index (χ0n) is 9.20. The van der Waals surface area contributed by atoms with Crippen LogP contribution in [0.25, 0.3) is 0 Å². The third-order valence-electron chi connectivity index (χ3n) is 2.26. The van der Waals surface area contributed by atoms with Crippen LogP contribution in [0.2, 0.25) is 0 Å². The molecule has 0 aromatic heterocycles. The molecule has 0 saturated carbocycles. The average Bonchev–Trinajstić information content (AvgIpc) is 2.31. The van der Waals surface area contributed by atoms with Gasteiger partial charge >= 0.3 is 0 Å². The molecular weight excluding hydrogens is 245 g/mol. The number of rotatable bonds is 5. The molecule has 1 atom stereocenters. The predicted molar refractivity (Wildman–Crippen MR) is 69.2 cm³/mol. The molecule has 0 radical (unpaired) electrons. The van der Waals surface area contributed by atoms with E-state index in [-0.39, 0.29) is 11.9 Å². The molecule has 0 N–H and O–H groups in total. The van der Waals surface area contributed by atoms with Gasteiger partial charge in [-0.15, -0.1) is 23.2 Å². The topological polar surface area (TPSA) is 20.3 Å². The van der Waals surface area contributed by atoms with Crippen LogP contribution in [0.3, 0.4) is 0 Å². The van der Waals surface area contributed by atoms with Gasteiger partial charge in [-0.1, -0.05) is 31.5 Å². The molecule has 4 heteroatoms. The Bertz CT molecular complexity index is 329. The fourth-order valence-corrected chi connectivity index (χ4v) is 2.00. The van der Waals surface area contributed by atoms with Crippen molar-refractivity contribution in [3.8, 4) is 0 Å². The van der Waals surface area contributed by atoms with Gasteiger partial charge in [0, 0.05) is 5.69 Å². The Morgan fingerprint density at radius 1 is 1.38 bits per heavy atom. The fraction of sp³-hybridized carbons (Fsp3) is 0.417. The fourth-order valence-electron chi connectivity index (χ4n) is 1.41. The summed E-state index contributed by atoms with van der Waals surface area (Å²) in [7, 11) is 0. The number of benzene rings is 1. The molecule has 1 unspecified atom stereocenters. The second kappa shape index (κ2) is 6.77. The van der Waals surface area contributed by atoms with Gasteiger partial charge in [0.25, 0.3) is 0 Å². The first-order chi connectivity index (χ1) is 7.70. The first kappa shape index (κ1) is 13.3. The van der Waals surface area contributed by atoms with Gasteiger partial charge in [-0.3, -0.25) is 9.69 Å². The van der Waals surface area contributed by atoms with Crippen molar-refractivity contribution in [1.82, 2.24) is 0 Å². The number of alkyl halides is 2. The van der Waals surface area contributed by atoms with E-state index in [1.165, 1.54) is 4.90 Å². The van der Waals surface area contributed by atoms with Gasteiger partial charge in [-0.25, -0.2) is 0 Å². The maximum atomic E-state index is 12.0. The van der Waals surface area contributed by atoms with Gasteiger partial charge in [0.15, 0.2) is 0 Å². The Balaban J connectivity index is 2.79. The molecule has 88 valence electrons. The number of halogens is 2. The molecule has 16 heavy (non-hydrogen) atoms. The largest absolute Gasteiger partial charge is 0.297 e. The molecule has 0 spiro atoms. The Labute approximate surface area is 106 Å². The lowest BCUT2D eigenvalue weighted by Gasteiger charge is -2.22. The minimum atomic E-state index is -0.496. The van der Waals surface area contributed by atoms with E-state index >= 15 is 0 Å². The molecule has 0 heterocycles. The molecular formula is C12H15Cl2NO. The zero-order valence-corrected chi connectivity index (χ0v) is 10.7. The van der Waals surface area contributed by atoms with Crippen LogP contribution >= 0.6 is 23.2 Å². The number of para-hydroxylation sites is 1. The number of hydrogen-bond acceptors (Lipinski definition) is 1. The van der Waals surface area contributed by atoms with Crippen molar-refractivity contribution in [2.45, 2.75) is 25.1 Å². The maximum absolute atomic E-state index is 12.0. The highest BCUT2D eigenvalue weighted by molar-refractivity contribution is 6.34. The number of carbonyl (C=O) groups excluding carboxylic acids is 1. The number of nitrogens with zero attached hydrogens (tertiary/aromatic N) is 1. The summed E-state index contributed by atoms with van der Waals surface area (Å²) in [5.74, 6) is -0.135. The molecule has 0 bridgehead atoms. The summed E-state index contributed by atoms with van der Waals surface area (Å²) in [5.41, 5.74) is 0.782. The summed E-state index contributed by atoms with van der Waals surface area (Å²) in [5, 5.41) is -0.496. The molecule has 2 nitrogen and oxygen atoms in total. The van der Waals surface area contributed by atoms with Crippen LogP contribution in [0.5, 0.6) is 0 Å². The third-order valence-corrected chi connectivity index (χ3v) is 2.91. The lowest BCUT2D eigenvalue weighted by atomic mass is 10.2. The predicted octanol–water partition coefficient (Wildman–Crippen LogP) is 3.62. The zero-order chi connectivity index (χ0) is 12.0. The monoisotopic (exact) mass is 259 g/mol. The molecule has 1 aromatic carbocycles. The molecule has 0 saturated heterocycles. The summed E-state index contributed by atoms with van der Waals surface area (Å²) < 4.78 is 0. The van der Waals surface area contributed by atoms with Crippen molar-refractivity contribution >= 4 is 34.8 Å². The minimum absolute atomic E-state index is 0.121. The van der Waals surface area contributed by atoms with Crippen LogP contribution in [0.4, 0.5) is 5.69 Å². The van der Waals surface area contributed by atoms with E-state index < -0.39 is 5.38 Å². The van der Waals surface area contributed by atoms with E-state index in [0.29, 0.717) is 6.42 Å². The summed E-state index contributed by atoms with van der Waals surface area (Å²) in [6.07, 6.45) is 1.55. The first-order valence-corrected chi connectivity index (χ1v) is 6.24. The Kier molecular flexibility index (Phi) is 5.64. The second-order valence-electron chi connectivity index (χ2n) is 3.48. The lowest BCUT2D eigenvalue weighted by molar-refractivity contribution is -0.118. The van der Waals surface area contributed by atoms with Crippen LogP contribution < -0.4 is 4.90 Å². The Hall–Kier alpha value is -0.730. The summed E-state index contributed by atoms with van der Waals surface area (Å²) in [6.45, 7) is 2.00. The van der Waals surface area contributed by atoms with Gasteiger partial charge in [-0.05, 0) is 18.6 Å². The summed E-state index contributed by atoms with van der Waals surface area (Å²) in [4.78, 5) is 13.5. The van der Waals surface area contributed by atoms with Crippen molar-refractivity contribution in [2.24, 2.45) is 0 Å². The van der Waals surface area contributed by atoms with Crippen molar-refractivity contribution in [3.63, 3.8) is 0 Å². The van der Waals surface area contributed by atoms with Crippen LogP contribution in [0.15, 0.2) is 30.3 Å². The molecule has 0 aliphatic rings. The van der Waals surface area contributed by atoms with E-state index in [1.807, 2.05) is 37.3 Å². The molecule has 1 aromatic rings. The standard InChI is InChI=1S/C12H15Cl2NO/c1-2-6-11(14)12(16)15(9-13)10-7-4-3-5-8-10/h3-5,7-8,11H,2,6,9H2,1H3. The highest BCUT2D eigenvalue weighted by atomic mass is 35.5. The highest BCUT2D eigenvalue weighted by Crippen LogP contribution is 2.18. The molecule has 0 fully saturated rings. The third kappa shape index (κ3) is 3.39. The smallest absolute Gasteiger partial charge is 0.246 e. The number of carbonyl (C=O) groups is 1. The van der Waals surface area contributed by atoms with E-state index in [2.05, 4.69) is 0 Å². The van der Waals surface area contributed by atoms with E-state index in [0.717, 1.165) is 12.1 Å². The maximum Gasteiger partial charge on any atom is 0.246 e. The van der Waals surface area contributed by atoms with E-state index in [1.54, 1.807) is 0 Å². The van der Waals surface area contributed by atoms with Crippen molar-refractivity contribution in [1.29, 1.82) is 0 Å². The quantitative estimate of drug-likeness (QED) is 0.584. The number of hydrogen-bond donors (Lipinski definition) is 0. The lowest BCUT2D eigenvalue weighted by Crippen LogP contribution is -2.36. The van der Waals surface area contributed by atoms with Crippen LogP contribution in [0.1, 0.15) is 19.8 Å². The van der Waals surface area contributed by atoms with Crippen molar-refractivity contribution in [2.75, 3.05) is 10.9 Å². The molecule has 1 rings (SSSR count). The SMILES string of the molecule is CCCC(Cl)C(=O)N(CCl)c1ccccc1. The second-order valence-corrected chi connectivity index (χ2v) is 4.24. The first-order valence-electron chi connectivity index (χ1n) is 5.27.